The second kappa shape index (κ2) is 6.65. The van der Waals surface area contributed by atoms with Gasteiger partial charge in [0.1, 0.15) is 0 Å². The van der Waals surface area contributed by atoms with Crippen LogP contribution in [0.3, 0.4) is 0 Å². The average Bonchev–Trinajstić information content (AvgIpc) is 2.99. The molecule has 4 heteroatoms. The van der Waals surface area contributed by atoms with Crippen molar-refractivity contribution in [3.8, 4) is 11.4 Å². The van der Waals surface area contributed by atoms with E-state index in [1.54, 1.807) is 0 Å². The zero-order valence-electron chi connectivity index (χ0n) is 13.5. The molecule has 1 heterocycles. The normalized spacial score (nSPS) is 10.9. The van der Waals surface area contributed by atoms with E-state index < -0.39 is 6.09 Å². The summed E-state index contributed by atoms with van der Waals surface area (Å²) in [7, 11) is 1.38. The van der Waals surface area contributed by atoms with E-state index in [1.165, 1.54) is 30.1 Å². The highest BCUT2D eigenvalue weighted by molar-refractivity contribution is 5.91. The summed E-state index contributed by atoms with van der Waals surface area (Å²) in [5.41, 5.74) is 3.75. The molecule has 0 fully saturated rings. The minimum absolute atomic E-state index is 0.427. The molecule has 1 aromatic heterocycles. The van der Waals surface area contributed by atoms with E-state index in [2.05, 4.69) is 24.0 Å². The molecule has 0 atom stereocenters. The number of carbonyl (C=O) groups is 1. The molecule has 3 aromatic rings. The second-order valence-corrected chi connectivity index (χ2v) is 5.53. The van der Waals surface area contributed by atoms with Gasteiger partial charge in [0.15, 0.2) is 5.82 Å². The number of aromatic nitrogens is 2. The number of rotatable bonds is 4. The van der Waals surface area contributed by atoms with Crippen LogP contribution < -0.4 is 0 Å². The van der Waals surface area contributed by atoms with Crippen LogP contribution in [-0.4, -0.2) is 22.8 Å². The van der Waals surface area contributed by atoms with Crippen LogP contribution in [-0.2, 0) is 11.2 Å². The maximum Gasteiger partial charge on any atom is 0.419 e. The van der Waals surface area contributed by atoms with Gasteiger partial charge < -0.3 is 4.74 Å². The molecule has 0 saturated carbocycles. The molecule has 0 unspecified atom stereocenters. The van der Waals surface area contributed by atoms with Crippen molar-refractivity contribution < 1.29 is 9.53 Å². The van der Waals surface area contributed by atoms with Crippen molar-refractivity contribution in [2.75, 3.05) is 7.11 Å². The lowest BCUT2D eigenvalue weighted by molar-refractivity contribution is 0.174. The lowest BCUT2D eigenvalue weighted by atomic mass is 10.1. The zero-order valence-corrected chi connectivity index (χ0v) is 13.5. The lowest BCUT2D eigenvalue weighted by Crippen LogP contribution is -2.12. The van der Waals surface area contributed by atoms with Gasteiger partial charge in [-0.05, 0) is 30.5 Å². The quantitative estimate of drug-likeness (QED) is 0.704. The van der Waals surface area contributed by atoms with Crippen LogP contribution in [0.25, 0.3) is 22.4 Å². The van der Waals surface area contributed by atoms with Crippen LogP contribution in [0.5, 0.6) is 0 Å². The van der Waals surface area contributed by atoms with Crippen LogP contribution in [0.2, 0.25) is 0 Å². The van der Waals surface area contributed by atoms with E-state index in [-0.39, 0.29) is 0 Å². The summed E-state index contributed by atoms with van der Waals surface area (Å²) in [6.45, 7) is 2.19. The molecule has 0 aliphatic carbocycles. The number of benzene rings is 2. The molecule has 0 radical (unpaired) electrons. The Labute approximate surface area is 135 Å². The number of hydrogen-bond acceptors (Lipinski definition) is 3. The molecular formula is C19H20N2O2. The number of fused-ring (bicyclic) bond motifs is 1. The number of para-hydroxylation sites is 2. The summed E-state index contributed by atoms with van der Waals surface area (Å²) in [6.07, 6.45) is 3.01. The maximum atomic E-state index is 12.2. The summed E-state index contributed by atoms with van der Waals surface area (Å²) in [4.78, 5) is 16.8. The van der Waals surface area contributed by atoms with Gasteiger partial charge in [-0.25, -0.2) is 14.3 Å². The van der Waals surface area contributed by atoms with Gasteiger partial charge in [0.2, 0.25) is 0 Å². The van der Waals surface area contributed by atoms with Crippen LogP contribution in [0.1, 0.15) is 25.3 Å². The first kappa shape index (κ1) is 15.3. The number of aryl methyl sites for hydroxylation is 1. The first-order valence-corrected chi connectivity index (χ1v) is 7.89. The number of methoxy groups -OCH3 is 1. The van der Waals surface area contributed by atoms with Crippen LogP contribution in [0.4, 0.5) is 4.79 Å². The summed E-state index contributed by atoms with van der Waals surface area (Å²) < 4.78 is 6.45. The van der Waals surface area contributed by atoms with Gasteiger partial charge >= 0.3 is 6.09 Å². The Morgan fingerprint density at radius 2 is 1.87 bits per heavy atom. The molecule has 0 spiro atoms. The van der Waals surface area contributed by atoms with E-state index in [4.69, 9.17) is 4.74 Å². The van der Waals surface area contributed by atoms with Crippen molar-refractivity contribution in [3.05, 3.63) is 54.1 Å². The number of ether oxygens (including phenoxy) is 1. The number of nitrogens with zero attached hydrogens (tertiary/aromatic N) is 2. The fraction of sp³-hybridized carbons (Fsp3) is 0.263. The Bertz CT molecular complexity index is 819. The summed E-state index contributed by atoms with van der Waals surface area (Å²) >= 11 is 0. The third-order valence-electron chi connectivity index (χ3n) is 3.95. The zero-order chi connectivity index (χ0) is 16.2. The molecule has 0 aliphatic heterocycles. The van der Waals surface area contributed by atoms with Gasteiger partial charge in [0.25, 0.3) is 0 Å². The SMILES string of the molecule is CCCCc1ccc(-c2nc3ccccc3n2C(=O)OC)cc1. The first-order valence-electron chi connectivity index (χ1n) is 7.89. The number of carbonyl (C=O) groups excluding carboxylic acids is 1. The monoisotopic (exact) mass is 308 g/mol. The molecule has 118 valence electrons. The molecule has 3 rings (SSSR count). The number of unbranched alkanes of at least 4 members (excludes halogenated alkanes) is 1. The molecular weight excluding hydrogens is 288 g/mol. The van der Waals surface area contributed by atoms with Gasteiger partial charge in [-0.2, -0.15) is 0 Å². The number of imidazole rings is 1. The van der Waals surface area contributed by atoms with Gasteiger partial charge in [0.05, 0.1) is 18.1 Å². The predicted octanol–water partition coefficient (Wildman–Crippen LogP) is 4.66. The molecule has 0 N–H and O–H groups in total. The van der Waals surface area contributed by atoms with Crippen LogP contribution >= 0.6 is 0 Å². The Morgan fingerprint density at radius 1 is 1.13 bits per heavy atom. The van der Waals surface area contributed by atoms with Gasteiger partial charge in [0, 0.05) is 5.56 Å². The molecule has 2 aromatic carbocycles. The number of hydrogen-bond donors (Lipinski definition) is 0. The van der Waals surface area contributed by atoms with E-state index in [0.29, 0.717) is 5.82 Å². The van der Waals surface area contributed by atoms with Crippen LogP contribution in [0, 0.1) is 0 Å². The molecule has 0 saturated heterocycles. The topological polar surface area (TPSA) is 44.1 Å². The molecule has 0 amide bonds. The van der Waals surface area contributed by atoms with Crippen LogP contribution in [0.15, 0.2) is 48.5 Å². The standard InChI is InChI=1S/C19H20N2O2/c1-3-4-7-14-10-12-15(13-11-14)18-20-16-8-5-6-9-17(16)21(18)19(22)23-2/h5-6,8-13H,3-4,7H2,1-2H3. The summed E-state index contributed by atoms with van der Waals surface area (Å²) in [6, 6.07) is 15.8. The lowest BCUT2D eigenvalue weighted by Gasteiger charge is -2.07. The molecule has 0 bridgehead atoms. The van der Waals surface area contributed by atoms with Crippen molar-refractivity contribution in [1.29, 1.82) is 0 Å². The third kappa shape index (κ3) is 2.97. The van der Waals surface area contributed by atoms with E-state index in [0.717, 1.165) is 23.0 Å². The first-order chi connectivity index (χ1) is 11.2. The Morgan fingerprint density at radius 3 is 2.57 bits per heavy atom. The highest BCUT2D eigenvalue weighted by atomic mass is 16.5. The van der Waals surface area contributed by atoms with Gasteiger partial charge in [-0.1, -0.05) is 49.7 Å². The van der Waals surface area contributed by atoms with Crippen molar-refractivity contribution in [1.82, 2.24) is 9.55 Å². The fourth-order valence-corrected chi connectivity index (χ4v) is 2.70. The van der Waals surface area contributed by atoms with Crippen molar-refractivity contribution >= 4 is 17.1 Å². The Balaban J connectivity index is 2.06. The maximum absolute atomic E-state index is 12.2. The highest BCUT2D eigenvalue weighted by Gasteiger charge is 2.18. The van der Waals surface area contributed by atoms with E-state index in [9.17, 15) is 4.79 Å². The molecule has 0 aliphatic rings. The Hall–Kier alpha value is -2.62. The Kier molecular flexibility index (Phi) is 4.42. The minimum atomic E-state index is -0.427. The van der Waals surface area contributed by atoms with Crippen molar-refractivity contribution in [3.63, 3.8) is 0 Å². The predicted molar refractivity (Wildman–Crippen MR) is 91.6 cm³/mol. The second-order valence-electron chi connectivity index (χ2n) is 5.53. The minimum Gasteiger partial charge on any atom is -0.452 e. The van der Waals surface area contributed by atoms with Gasteiger partial charge in [-0.15, -0.1) is 0 Å². The largest absolute Gasteiger partial charge is 0.452 e. The highest BCUT2D eigenvalue weighted by Crippen LogP contribution is 2.25. The smallest absolute Gasteiger partial charge is 0.419 e. The summed E-state index contributed by atoms with van der Waals surface area (Å²) in [5.74, 6) is 0.611. The molecule has 4 nitrogen and oxygen atoms in total. The average molecular weight is 308 g/mol. The van der Waals surface area contributed by atoms with E-state index in [1.807, 2.05) is 36.4 Å². The van der Waals surface area contributed by atoms with Crippen molar-refractivity contribution in [2.24, 2.45) is 0 Å². The summed E-state index contributed by atoms with van der Waals surface area (Å²) in [5, 5.41) is 0. The molecule has 23 heavy (non-hydrogen) atoms. The fourth-order valence-electron chi connectivity index (χ4n) is 2.70. The van der Waals surface area contributed by atoms with Crippen molar-refractivity contribution in [2.45, 2.75) is 26.2 Å². The third-order valence-corrected chi connectivity index (χ3v) is 3.95. The van der Waals surface area contributed by atoms with Gasteiger partial charge in [-0.3, -0.25) is 0 Å². The van der Waals surface area contributed by atoms with E-state index >= 15 is 0 Å².